The second-order valence-electron chi connectivity index (χ2n) is 4.09. The molecule has 0 saturated carbocycles. The summed E-state index contributed by atoms with van der Waals surface area (Å²) in [7, 11) is 0. The van der Waals surface area contributed by atoms with Gasteiger partial charge >= 0.3 is 0 Å². The molecule has 2 aromatic rings. The number of benzene rings is 1. The third-order valence-corrected chi connectivity index (χ3v) is 3.81. The van der Waals surface area contributed by atoms with Crippen molar-refractivity contribution in [3.8, 4) is 10.4 Å². The first-order valence-corrected chi connectivity index (χ1v) is 6.82. The van der Waals surface area contributed by atoms with Crippen LogP contribution >= 0.6 is 11.3 Å². The van der Waals surface area contributed by atoms with E-state index >= 15 is 0 Å². The van der Waals surface area contributed by atoms with Crippen molar-refractivity contribution in [2.75, 3.05) is 13.2 Å². The first-order valence-electron chi connectivity index (χ1n) is 6.01. The minimum Gasteiger partial charge on any atom is -0.395 e. The summed E-state index contributed by atoms with van der Waals surface area (Å²) in [6, 6.07) is 10.5. The molecular formula is C14H14N2O3S. The summed E-state index contributed by atoms with van der Waals surface area (Å²) in [6.45, 7) is 0.151. The average molecular weight is 290 g/mol. The molecule has 0 spiro atoms. The van der Waals surface area contributed by atoms with E-state index in [1.807, 2.05) is 6.07 Å². The molecular weight excluding hydrogens is 276 g/mol. The standard InChI is InChI=1S/C14H14N2O3S/c15-13(18)10-3-1-9(2-4-10)11-5-6-12(20-11)14(19)16-7-8-17/h1-6,17H,7-8H2,(H2,15,18)(H,16,19). The number of primary amides is 1. The van der Waals surface area contributed by atoms with Crippen LogP contribution in [0, 0.1) is 0 Å². The Labute approximate surface area is 120 Å². The van der Waals surface area contributed by atoms with Crippen molar-refractivity contribution in [2.24, 2.45) is 5.73 Å². The molecule has 0 aliphatic rings. The molecule has 5 nitrogen and oxygen atoms in total. The molecule has 4 N–H and O–H groups in total. The van der Waals surface area contributed by atoms with E-state index in [0.29, 0.717) is 10.4 Å². The molecule has 1 aromatic carbocycles. The van der Waals surface area contributed by atoms with Gasteiger partial charge in [-0.25, -0.2) is 0 Å². The highest BCUT2D eigenvalue weighted by Gasteiger charge is 2.10. The summed E-state index contributed by atoms with van der Waals surface area (Å²) in [5.74, 6) is -0.671. The summed E-state index contributed by atoms with van der Waals surface area (Å²) >= 11 is 1.35. The summed E-state index contributed by atoms with van der Waals surface area (Å²) < 4.78 is 0. The predicted molar refractivity (Wildman–Crippen MR) is 77.7 cm³/mol. The fourth-order valence-corrected chi connectivity index (χ4v) is 2.60. The second kappa shape index (κ2) is 6.31. The van der Waals surface area contributed by atoms with Gasteiger partial charge < -0.3 is 16.2 Å². The Morgan fingerprint density at radius 2 is 1.85 bits per heavy atom. The van der Waals surface area contributed by atoms with E-state index in [0.717, 1.165) is 10.4 Å². The molecule has 0 unspecified atom stereocenters. The number of aliphatic hydroxyl groups excluding tert-OH is 1. The van der Waals surface area contributed by atoms with Crippen molar-refractivity contribution in [3.05, 3.63) is 46.8 Å². The zero-order valence-electron chi connectivity index (χ0n) is 10.6. The summed E-state index contributed by atoms with van der Waals surface area (Å²) in [6.07, 6.45) is 0. The first kappa shape index (κ1) is 14.2. The van der Waals surface area contributed by atoms with Gasteiger partial charge in [-0.1, -0.05) is 12.1 Å². The molecule has 0 aliphatic carbocycles. The molecule has 1 aromatic heterocycles. The van der Waals surface area contributed by atoms with Crippen LogP contribution in [0.25, 0.3) is 10.4 Å². The maximum absolute atomic E-state index is 11.7. The molecule has 0 radical (unpaired) electrons. The number of hydrogen-bond acceptors (Lipinski definition) is 4. The second-order valence-corrected chi connectivity index (χ2v) is 5.17. The largest absolute Gasteiger partial charge is 0.395 e. The van der Waals surface area contributed by atoms with Crippen LogP contribution in [0.3, 0.4) is 0 Å². The fourth-order valence-electron chi connectivity index (χ4n) is 1.67. The fraction of sp³-hybridized carbons (Fsp3) is 0.143. The molecule has 1 heterocycles. The van der Waals surface area contributed by atoms with Crippen molar-refractivity contribution < 1.29 is 14.7 Å². The minimum atomic E-state index is -0.466. The van der Waals surface area contributed by atoms with Crippen LogP contribution in [-0.2, 0) is 0 Å². The Hall–Kier alpha value is -2.18. The van der Waals surface area contributed by atoms with Gasteiger partial charge in [0.15, 0.2) is 0 Å². The Morgan fingerprint density at radius 3 is 2.45 bits per heavy atom. The third-order valence-electron chi connectivity index (χ3n) is 2.68. The van der Waals surface area contributed by atoms with Crippen molar-refractivity contribution in [1.29, 1.82) is 0 Å². The summed E-state index contributed by atoms with van der Waals surface area (Å²) in [5, 5.41) is 11.3. The molecule has 6 heteroatoms. The van der Waals surface area contributed by atoms with Gasteiger partial charge in [-0.3, -0.25) is 9.59 Å². The lowest BCUT2D eigenvalue weighted by Gasteiger charge is -2.00. The highest BCUT2D eigenvalue weighted by molar-refractivity contribution is 7.17. The van der Waals surface area contributed by atoms with E-state index in [9.17, 15) is 9.59 Å². The molecule has 0 saturated heterocycles. The number of thiophene rings is 1. The number of amides is 2. The highest BCUT2D eigenvalue weighted by atomic mass is 32.1. The van der Waals surface area contributed by atoms with Crippen LogP contribution in [0.2, 0.25) is 0 Å². The van der Waals surface area contributed by atoms with Gasteiger partial charge in [0.05, 0.1) is 11.5 Å². The van der Waals surface area contributed by atoms with Crippen LogP contribution in [0.5, 0.6) is 0 Å². The number of carbonyl (C=O) groups excluding carboxylic acids is 2. The molecule has 0 aliphatic heterocycles. The molecule has 2 rings (SSSR count). The van der Waals surface area contributed by atoms with Gasteiger partial charge in [0.25, 0.3) is 5.91 Å². The Morgan fingerprint density at radius 1 is 1.15 bits per heavy atom. The van der Waals surface area contributed by atoms with Gasteiger partial charge in [-0.05, 0) is 29.8 Å². The van der Waals surface area contributed by atoms with Gasteiger partial charge in [0.1, 0.15) is 0 Å². The number of rotatable bonds is 5. The average Bonchev–Trinajstić information content (AvgIpc) is 2.94. The molecule has 104 valence electrons. The van der Waals surface area contributed by atoms with E-state index in [1.54, 1.807) is 30.3 Å². The van der Waals surface area contributed by atoms with Crippen LogP contribution in [-0.4, -0.2) is 30.1 Å². The topological polar surface area (TPSA) is 92.4 Å². The molecule has 2 amide bonds. The minimum absolute atomic E-state index is 0.0848. The summed E-state index contributed by atoms with van der Waals surface area (Å²) in [4.78, 5) is 24.2. The van der Waals surface area contributed by atoms with Crippen LogP contribution in [0.1, 0.15) is 20.0 Å². The normalized spacial score (nSPS) is 10.2. The zero-order chi connectivity index (χ0) is 14.5. The number of nitrogens with one attached hydrogen (secondary N) is 1. The molecule has 0 fully saturated rings. The molecule has 20 heavy (non-hydrogen) atoms. The van der Waals surface area contributed by atoms with Gasteiger partial charge in [-0.15, -0.1) is 11.3 Å². The van der Waals surface area contributed by atoms with Gasteiger partial charge in [-0.2, -0.15) is 0 Å². The lowest BCUT2D eigenvalue weighted by atomic mass is 10.1. The highest BCUT2D eigenvalue weighted by Crippen LogP contribution is 2.28. The lowest BCUT2D eigenvalue weighted by Crippen LogP contribution is -2.25. The van der Waals surface area contributed by atoms with Crippen LogP contribution < -0.4 is 11.1 Å². The van der Waals surface area contributed by atoms with E-state index in [4.69, 9.17) is 10.8 Å². The van der Waals surface area contributed by atoms with Crippen LogP contribution in [0.4, 0.5) is 0 Å². The van der Waals surface area contributed by atoms with Gasteiger partial charge in [0.2, 0.25) is 5.91 Å². The molecule has 0 atom stereocenters. The van der Waals surface area contributed by atoms with Crippen molar-refractivity contribution in [1.82, 2.24) is 5.32 Å². The summed E-state index contributed by atoms with van der Waals surface area (Å²) in [5.41, 5.74) is 6.55. The SMILES string of the molecule is NC(=O)c1ccc(-c2ccc(C(=O)NCCO)s2)cc1. The maximum Gasteiger partial charge on any atom is 0.261 e. The van der Waals surface area contributed by atoms with Crippen molar-refractivity contribution in [3.63, 3.8) is 0 Å². The monoisotopic (exact) mass is 290 g/mol. The van der Waals surface area contributed by atoms with Crippen molar-refractivity contribution in [2.45, 2.75) is 0 Å². The number of aliphatic hydroxyl groups is 1. The third kappa shape index (κ3) is 3.23. The number of hydrogen-bond donors (Lipinski definition) is 3. The zero-order valence-corrected chi connectivity index (χ0v) is 11.4. The van der Waals surface area contributed by atoms with E-state index in [2.05, 4.69) is 5.32 Å². The molecule has 0 bridgehead atoms. The van der Waals surface area contributed by atoms with E-state index in [-0.39, 0.29) is 19.1 Å². The van der Waals surface area contributed by atoms with E-state index in [1.165, 1.54) is 11.3 Å². The van der Waals surface area contributed by atoms with Gasteiger partial charge in [0, 0.05) is 17.0 Å². The first-order chi connectivity index (χ1) is 9.61. The Bertz CT molecular complexity index is 620. The van der Waals surface area contributed by atoms with E-state index < -0.39 is 5.91 Å². The lowest BCUT2D eigenvalue weighted by molar-refractivity contribution is 0.0947. The predicted octanol–water partition coefficient (Wildman–Crippen LogP) is 1.24. The number of nitrogens with two attached hydrogens (primary N) is 1. The smallest absolute Gasteiger partial charge is 0.261 e. The Kier molecular flexibility index (Phi) is 4.49. The van der Waals surface area contributed by atoms with Crippen LogP contribution in [0.15, 0.2) is 36.4 Å². The Balaban J connectivity index is 2.16. The maximum atomic E-state index is 11.7. The van der Waals surface area contributed by atoms with Crippen molar-refractivity contribution >= 4 is 23.2 Å². The quantitative estimate of drug-likeness (QED) is 0.773. The number of carbonyl (C=O) groups is 2.